The molecule has 5 heteroatoms. The smallest absolute Gasteiger partial charge is 0.407 e. The van der Waals surface area contributed by atoms with Crippen molar-refractivity contribution in [2.45, 2.75) is 26.2 Å². The second-order valence-corrected chi connectivity index (χ2v) is 3.31. The van der Waals surface area contributed by atoms with E-state index in [4.69, 9.17) is 14.2 Å². The molecule has 0 aliphatic rings. The van der Waals surface area contributed by atoms with Crippen LogP contribution in [0, 0.1) is 0 Å². The second kappa shape index (κ2) is 12.3. The zero-order valence-electron chi connectivity index (χ0n) is 10.3. The van der Waals surface area contributed by atoms with E-state index in [0.717, 1.165) is 39.1 Å². The predicted octanol–water partition coefficient (Wildman–Crippen LogP) is 1.57. The summed E-state index contributed by atoms with van der Waals surface area (Å²) in [6.45, 7) is 5.04. The van der Waals surface area contributed by atoms with E-state index >= 15 is 0 Å². The van der Waals surface area contributed by atoms with Gasteiger partial charge in [0.05, 0.1) is 6.61 Å². The van der Waals surface area contributed by atoms with Gasteiger partial charge in [0.15, 0.2) is 0 Å². The quantitative estimate of drug-likeness (QED) is 0.582. The summed E-state index contributed by atoms with van der Waals surface area (Å²) in [4.78, 5) is 10.9. The van der Waals surface area contributed by atoms with Crippen molar-refractivity contribution in [3.05, 3.63) is 0 Å². The van der Waals surface area contributed by atoms with Gasteiger partial charge in [0.1, 0.15) is 0 Å². The number of nitrogens with one attached hydrogen (secondary N) is 1. The molecule has 0 unspecified atom stereocenters. The maximum absolute atomic E-state index is 10.9. The molecule has 0 aromatic rings. The molecule has 1 N–H and O–H groups in total. The van der Waals surface area contributed by atoms with Crippen LogP contribution in [0.15, 0.2) is 0 Å². The number of methoxy groups -OCH3 is 1. The van der Waals surface area contributed by atoms with Gasteiger partial charge in [0.25, 0.3) is 0 Å². The predicted molar refractivity (Wildman–Crippen MR) is 61.6 cm³/mol. The molecule has 96 valence electrons. The molecular formula is C11H23NO4. The standard InChI is InChI=1S/C11H23NO4/c1-3-16-11(13)12-7-4-5-9-15-10-6-8-14-2/h3-10H2,1-2H3,(H,12,13). The van der Waals surface area contributed by atoms with E-state index in [1.807, 2.05) is 0 Å². The highest BCUT2D eigenvalue weighted by atomic mass is 16.5. The molecule has 0 aliphatic carbocycles. The molecule has 0 rings (SSSR count). The summed E-state index contributed by atoms with van der Waals surface area (Å²) in [5, 5.41) is 2.66. The first-order valence-electron chi connectivity index (χ1n) is 5.78. The molecule has 0 heterocycles. The van der Waals surface area contributed by atoms with Crippen molar-refractivity contribution in [3.63, 3.8) is 0 Å². The van der Waals surface area contributed by atoms with E-state index in [9.17, 15) is 4.79 Å². The van der Waals surface area contributed by atoms with Crippen LogP contribution in [0.2, 0.25) is 0 Å². The van der Waals surface area contributed by atoms with Crippen LogP contribution >= 0.6 is 0 Å². The van der Waals surface area contributed by atoms with E-state index in [1.165, 1.54) is 0 Å². The number of carbonyl (C=O) groups is 1. The van der Waals surface area contributed by atoms with E-state index in [2.05, 4.69) is 5.32 Å². The highest BCUT2D eigenvalue weighted by molar-refractivity contribution is 5.66. The van der Waals surface area contributed by atoms with Crippen molar-refractivity contribution in [2.24, 2.45) is 0 Å². The molecule has 0 aliphatic heterocycles. The van der Waals surface area contributed by atoms with Gasteiger partial charge in [-0.3, -0.25) is 0 Å². The van der Waals surface area contributed by atoms with Crippen LogP contribution in [-0.4, -0.2) is 46.2 Å². The van der Waals surface area contributed by atoms with Crippen LogP contribution < -0.4 is 5.32 Å². The Hall–Kier alpha value is -0.810. The Morgan fingerprint density at radius 1 is 1.12 bits per heavy atom. The van der Waals surface area contributed by atoms with Crippen LogP contribution in [0.3, 0.4) is 0 Å². The first kappa shape index (κ1) is 15.2. The van der Waals surface area contributed by atoms with Gasteiger partial charge in [-0.15, -0.1) is 0 Å². The SMILES string of the molecule is CCOC(=O)NCCCCOCCCOC. The maximum Gasteiger partial charge on any atom is 0.407 e. The summed E-state index contributed by atoms with van der Waals surface area (Å²) in [5.74, 6) is 0. The Morgan fingerprint density at radius 3 is 2.56 bits per heavy atom. The Balaban J connectivity index is 3.01. The molecule has 5 nitrogen and oxygen atoms in total. The molecule has 0 bridgehead atoms. The number of unbranched alkanes of at least 4 members (excludes halogenated alkanes) is 1. The lowest BCUT2D eigenvalue weighted by atomic mass is 10.3. The van der Waals surface area contributed by atoms with Gasteiger partial charge in [0.2, 0.25) is 0 Å². The number of amides is 1. The lowest BCUT2D eigenvalue weighted by molar-refractivity contribution is 0.100. The summed E-state index contributed by atoms with van der Waals surface area (Å²) in [6, 6.07) is 0. The number of alkyl carbamates (subject to hydrolysis) is 1. The van der Waals surface area contributed by atoms with Gasteiger partial charge in [-0.05, 0) is 26.2 Å². The van der Waals surface area contributed by atoms with Crippen molar-refractivity contribution in [2.75, 3.05) is 40.1 Å². The molecule has 1 amide bonds. The summed E-state index contributed by atoms with van der Waals surface area (Å²) >= 11 is 0. The van der Waals surface area contributed by atoms with Crippen molar-refractivity contribution in [1.29, 1.82) is 0 Å². The van der Waals surface area contributed by atoms with Crippen molar-refractivity contribution >= 4 is 6.09 Å². The number of hydrogen-bond donors (Lipinski definition) is 1. The monoisotopic (exact) mass is 233 g/mol. The summed E-state index contributed by atoms with van der Waals surface area (Å²) in [5.41, 5.74) is 0. The maximum atomic E-state index is 10.9. The molecule has 0 spiro atoms. The molecule has 0 atom stereocenters. The number of rotatable bonds is 10. The number of ether oxygens (including phenoxy) is 3. The first-order chi connectivity index (χ1) is 7.81. The Bertz CT molecular complexity index is 164. The van der Waals surface area contributed by atoms with Crippen molar-refractivity contribution in [3.8, 4) is 0 Å². The minimum Gasteiger partial charge on any atom is -0.450 e. The lowest BCUT2D eigenvalue weighted by Crippen LogP contribution is -2.25. The van der Waals surface area contributed by atoms with Crippen LogP contribution in [0.1, 0.15) is 26.2 Å². The molecule has 0 aromatic heterocycles. The van der Waals surface area contributed by atoms with Crippen LogP contribution in [0.4, 0.5) is 4.79 Å². The van der Waals surface area contributed by atoms with Gasteiger partial charge in [-0.25, -0.2) is 4.79 Å². The Labute approximate surface area is 97.4 Å². The Morgan fingerprint density at radius 2 is 1.88 bits per heavy atom. The molecular weight excluding hydrogens is 210 g/mol. The van der Waals surface area contributed by atoms with E-state index in [0.29, 0.717) is 13.2 Å². The minimum atomic E-state index is -0.344. The molecule has 16 heavy (non-hydrogen) atoms. The van der Waals surface area contributed by atoms with Gasteiger partial charge in [0, 0.05) is 33.5 Å². The average molecular weight is 233 g/mol. The van der Waals surface area contributed by atoms with E-state index < -0.39 is 0 Å². The third kappa shape index (κ3) is 11.3. The average Bonchev–Trinajstić information content (AvgIpc) is 2.27. The first-order valence-corrected chi connectivity index (χ1v) is 5.78. The van der Waals surface area contributed by atoms with Crippen LogP contribution in [0.5, 0.6) is 0 Å². The second-order valence-electron chi connectivity index (χ2n) is 3.31. The summed E-state index contributed by atoms with van der Waals surface area (Å²) in [7, 11) is 1.68. The van der Waals surface area contributed by atoms with Gasteiger partial charge in [-0.2, -0.15) is 0 Å². The van der Waals surface area contributed by atoms with Crippen molar-refractivity contribution in [1.82, 2.24) is 5.32 Å². The van der Waals surface area contributed by atoms with Gasteiger partial charge >= 0.3 is 6.09 Å². The third-order valence-corrected chi connectivity index (χ3v) is 1.90. The normalized spacial score (nSPS) is 10.1. The fourth-order valence-electron chi connectivity index (χ4n) is 1.11. The lowest BCUT2D eigenvalue weighted by Gasteiger charge is -2.05. The largest absolute Gasteiger partial charge is 0.450 e. The van der Waals surface area contributed by atoms with Gasteiger partial charge in [-0.1, -0.05) is 0 Å². The molecule has 0 radical (unpaired) electrons. The fraction of sp³-hybridized carbons (Fsp3) is 0.909. The zero-order chi connectivity index (χ0) is 12.1. The highest BCUT2D eigenvalue weighted by Gasteiger charge is 1.97. The molecule has 0 saturated carbocycles. The zero-order valence-corrected chi connectivity index (χ0v) is 10.3. The third-order valence-electron chi connectivity index (χ3n) is 1.90. The van der Waals surface area contributed by atoms with Crippen molar-refractivity contribution < 1.29 is 19.0 Å². The number of hydrogen-bond acceptors (Lipinski definition) is 4. The fourth-order valence-corrected chi connectivity index (χ4v) is 1.11. The van der Waals surface area contributed by atoms with E-state index in [1.54, 1.807) is 14.0 Å². The van der Waals surface area contributed by atoms with Gasteiger partial charge < -0.3 is 19.5 Å². The Kier molecular flexibility index (Phi) is 11.6. The van der Waals surface area contributed by atoms with Crippen LogP contribution in [0.25, 0.3) is 0 Å². The number of carbonyl (C=O) groups excluding carboxylic acids is 1. The minimum absolute atomic E-state index is 0.344. The molecule has 0 aromatic carbocycles. The molecule has 0 fully saturated rings. The summed E-state index contributed by atoms with van der Waals surface area (Å²) < 4.78 is 15.0. The van der Waals surface area contributed by atoms with Crippen LogP contribution in [-0.2, 0) is 14.2 Å². The summed E-state index contributed by atoms with van der Waals surface area (Å²) in [6.07, 6.45) is 2.43. The topological polar surface area (TPSA) is 56.8 Å². The molecule has 0 saturated heterocycles. The van der Waals surface area contributed by atoms with E-state index in [-0.39, 0.29) is 6.09 Å². The highest BCUT2D eigenvalue weighted by Crippen LogP contribution is 1.91.